The Morgan fingerprint density at radius 1 is 1.41 bits per heavy atom. The molecule has 0 unspecified atom stereocenters. The van der Waals surface area contributed by atoms with Crippen LogP contribution in [0.25, 0.3) is 0 Å². The van der Waals surface area contributed by atoms with Crippen LogP contribution in [0.3, 0.4) is 0 Å². The molecule has 6 nitrogen and oxygen atoms in total. The second-order valence-electron chi connectivity index (χ2n) is 3.06. The minimum absolute atomic E-state index is 0.0856. The lowest BCUT2D eigenvalue weighted by Gasteiger charge is -2.08. The molecule has 0 aliphatic rings. The summed E-state index contributed by atoms with van der Waals surface area (Å²) in [5, 5.41) is 11.7. The number of rotatable bonds is 3. The van der Waals surface area contributed by atoms with Gasteiger partial charge in [0.25, 0.3) is 0 Å². The maximum absolute atomic E-state index is 11.3. The molecule has 92 valence electrons. The lowest BCUT2D eigenvalue weighted by Crippen LogP contribution is -2.25. The second kappa shape index (κ2) is 5.74. The fraction of sp³-hybridized carbons (Fsp3) is 0.273. The molecule has 0 heterocycles. The zero-order valence-corrected chi connectivity index (χ0v) is 9.52. The first-order valence-electron chi connectivity index (χ1n) is 4.93. The van der Waals surface area contributed by atoms with Crippen molar-refractivity contribution in [2.75, 3.05) is 19.0 Å². The van der Waals surface area contributed by atoms with E-state index in [1.807, 2.05) is 0 Å². The highest BCUT2D eigenvalue weighted by Crippen LogP contribution is 2.27. The van der Waals surface area contributed by atoms with E-state index in [4.69, 9.17) is 4.74 Å². The molecule has 1 rings (SSSR count). The molecule has 6 heteroatoms. The highest BCUT2D eigenvalue weighted by atomic mass is 16.5. The van der Waals surface area contributed by atoms with E-state index in [2.05, 4.69) is 10.1 Å². The number of phenols is 1. The quantitative estimate of drug-likeness (QED) is 0.465. The molecule has 0 bridgehead atoms. The number of hydrogen-bond acceptors (Lipinski definition) is 5. The van der Waals surface area contributed by atoms with Gasteiger partial charge in [-0.1, -0.05) is 0 Å². The maximum atomic E-state index is 11.3. The number of hydrogen-bond donors (Lipinski definition) is 2. The molecule has 2 N–H and O–H groups in total. The number of phenolic OH excluding ortho intramolecular Hbond substituents is 1. The lowest BCUT2D eigenvalue weighted by atomic mass is 10.2. The summed E-state index contributed by atoms with van der Waals surface area (Å²) < 4.78 is 9.43. The maximum Gasteiger partial charge on any atom is 0.397 e. The Morgan fingerprint density at radius 2 is 2.12 bits per heavy atom. The van der Waals surface area contributed by atoms with Gasteiger partial charge in [0.1, 0.15) is 11.5 Å². The van der Waals surface area contributed by atoms with Crippen molar-refractivity contribution in [2.24, 2.45) is 0 Å². The van der Waals surface area contributed by atoms with Crippen LogP contribution in [0.4, 0.5) is 5.69 Å². The van der Waals surface area contributed by atoms with Gasteiger partial charge in [0, 0.05) is 6.07 Å². The van der Waals surface area contributed by atoms with E-state index in [1.54, 1.807) is 6.92 Å². The van der Waals surface area contributed by atoms with Crippen molar-refractivity contribution in [3.8, 4) is 11.5 Å². The van der Waals surface area contributed by atoms with E-state index in [0.29, 0.717) is 5.75 Å². The number of carbonyl (C=O) groups is 2. The van der Waals surface area contributed by atoms with Gasteiger partial charge in [-0.25, -0.2) is 4.79 Å². The minimum Gasteiger partial charge on any atom is -0.506 e. The lowest BCUT2D eigenvalue weighted by molar-refractivity contribution is -0.152. The van der Waals surface area contributed by atoms with Crippen LogP contribution in [0, 0.1) is 0 Å². The molecule has 0 aliphatic heterocycles. The first-order chi connectivity index (χ1) is 8.08. The summed E-state index contributed by atoms with van der Waals surface area (Å²) in [6.07, 6.45) is 0. The molecular weight excluding hydrogens is 226 g/mol. The number of ether oxygens (including phenoxy) is 2. The van der Waals surface area contributed by atoms with Gasteiger partial charge in [0.05, 0.1) is 19.4 Å². The van der Waals surface area contributed by atoms with Crippen molar-refractivity contribution in [1.82, 2.24) is 0 Å². The Bertz CT molecular complexity index is 430. The predicted octanol–water partition coefficient (Wildman–Crippen LogP) is 0.902. The highest BCUT2D eigenvalue weighted by molar-refractivity contribution is 6.37. The molecule has 0 saturated heterocycles. The first-order valence-corrected chi connectivity index (χ1v) is 4.93. The number of anilines is 1. The summed E-state index contributed by atoms with van der Waals surface area (Å²) in [6.45, 7) is 1.70. The Labute approximate surface area is 98.2 Å². The average Bonchev–Trinajstić information content (AvgIpc) is 2.32. The third kappa shape index (κ3) is 3.37. The summed E-state index contributed by atoms with van der Waals surface area (Å²) in [5.74, 6) is -1.67. The van der Waals surface area contributed by atoms with Crippen LogP contribution in [0.2, 0.25) is 0 Å². The molecule has 0 radical (unpaired) electrons. The van der Waals surface area contributed by atoms with Crippen LogP contribution in [0.5, 0.6) is 11.5 Å². The molecule has 1 amide bonds. The smallest absolute Gasteiger partial charge is 0.397 e. The number of methoxy groups -OCH3 is 1. The van der Waals surface area contributed by atoms with Gasteiger partial charge >= 0.3 is 11.9 Å². The molecule has 0 fully saturated rings. The predicted molar refractivity (Wildman–Crippen MR) is 59.9 cm³/mol. The Balaban J connectivity index is 2.80. The first kappa shape index (κ1) is 12.8. The van der Waals surface area contributed by atoms with Crippen molar-refractivity contribution in [2.45, 2.75) is 6.92 Å². The number of esters is 1. The average molecular weight is 239 g/mol. The van der Waals surface area contributed by atoms with Crippen LogP contribution in [0.1, 0.15) is 6.92 Å². The van der Waals surface area contributed by atoms with Crippen LogP contribution < -0.4 is 10.1 Å². The van der Waals surface area contributed by atoms with E-state index in [1.165, 1.54) is 25.3 Å². The molecule has 0 aromatic heterocycles. The van der Waals surface area contributed by atoms with Crippen LogP contribution >= 0.6 is 0 Å². The summed E-state index contributed by atoms with van der Waals surface area (Å²) in [7, 11) is 1.45. The topological polar surface area (TPSA) is 84.9 Å². The van der Waals surface area contributed by atoms with Gasteiger partial charge < -0.3 is 19.9 Å². The van der Waals surface area contributed by atoms with Gasteiger partial charge in [0.15, 0.2) is 0 Å². The van der Waals surface area contributed by atoms with E-state index in [0.717, 1.165) is 0 Å². The van der Waals surface area contributed by atoms with E-state index < -0.39 is 11.9 Å². The third-order valence-electron chi connectivity index (χ3n) is 1.91. The Morgan fingerprint density at radius 3 is 2.71 bits per heavy atom. The zero-order valence-electron chi connectivity index (χ0n) is 9.52. The molecule has 0 spiro atoms. The highest BCUT2D eigenvalue weighted by Gasteiger charge is 2.16. The molecule has 0 atom stereocenters. The second-order valence-corrected chi connectivity index (χ2v) is 3.06. The Hall–Kier alpha value is -2.24. The van der Waals surface area contributed by atoms with Crippen molar-refractivity contribution in [3.63, 3.8) is 0 Å². The number of benzene rings is 1. The van der Waals surface area contributed by atoms with Gasteiger partial charge in [0.2, 0.25) is 0 Å². The molecular formula is C11H13NO5. The van der Waals surface area contributed by atoms with Crippen LogP contribution in [-0.4, -0.2) is 30.7 Å². The van der Waals surface area contributed by atoms with Crippen LogP contribution in [-0.2, 0) is 14.3 Å². The molecule has 0 aliphatic carbocycles. The summed E-state index contributed by atoms with van der Waals surface area (Å²) in [4.78, 5) is 22.4. The van der Waals surface area contributed by atoms with E-state index in [9.17, 15) is 14.7 Å². The Kier molecular flexibility index (Phi) is 4.33. The molecule has 0 saturated carbocycles. The van der Waals surface area contributed by atoms with Gasteiger partial charge in [-0.05, 0) is 19.1 Å². The number of amides is 1. The van der Waals surface area contributed by atoms with Crippen molar-refractivity contribution >= 4 is 17.6 Å². The van der Waals surface area contributed by atoms with Crippen molar-refractivity contribution < 1.29 is 24.2 Å². The SMILES string of the molecule is CCOC(=O)C(=O)Nc1cc(OC)ccc1O. The fourth-order valence-electron chi connectivity index (χ4n) is 1.11. The zero-order chi connectivity index (χ0) is 12.8. The van der Waals surface area contributed by atoms with Crippen molar-refractivity contribution in [3.05, 3.63) is 18.2 Å². The summed E-state index contributed by atoms with van der Waals surface area (Å²) >= 11 is 0. The van der Waals surface area contributed by atoms with Crippen molar-refractivity contribution in [1.29, 1.82) is 0 Å². The number of aromatic hydroxyl groups is 1. The number of nitrogens with one attached hydrogen (secondary N) is 1. The minimum atomic E-state index is -1.00. The largest absolute Gasteiger partial charge is 0.506 e. The standard InChI is InChI=1S/C11H13NO5/c1-3-17-11(15)10(14)12-8-6-7(16-2)4-5-9(8)13/h4-6,13H,3H2,1-2H3,(H,12,14). The molecule has 17 heavy (non-hydrogen) atoms. The number of carbonyl (C=O) groups excluding carboxylic acids is 2. The van der Waals surface area contributed by atoms with Gasteiger partial charge in [-0.2, -0.15) is 0 Å². The van der Waals surface area contributed by atoms with E-state index in [-0.39, 0.29) is 18.0 Å². The van der Waals surface area contributed by atoms with E-state index >= 15 is 0 Å². The third-order valence-corrected chi connectivity index (χ3v) is 1.91. The summed E-state index contributed by atoms with van der Waals surface area (Å²) in [6, 6.07) is 4.27. The summed E-state index contributed by atoms with van der Waals surface area (Å²) in [5.41, 5.74) is 0.0856. The monoisotopic (exact) mass is 239 g/mol. The molecule has 1 aromatic carbocycles. The van der Waals surface area contributed by atoms with Gasteiger partial charge in [-0.15, -0.1) is 0 Å². The normalized spacial score (nSPS) is 9.53. The fourth-order valence-corrected chi connectivity index (χ4v) is 1.11. The molecule has 1 aromatic rings. The van der Waals surface area contributed by atoms with Crippen LogP contribution in [0.15, 0.2) is 18.2 Å². The van der Waals surface area contributed by atoms with Gasteiger partial charge in [-0.3, -0.25) is 4.79 Å².